The van der Waals surface area contributed by atoms with Crippen LogP contribution in [0.2, 0.25) is 0 Å². The van der Waals surface area contributed by atoms with Gasteiger partial charge in [-0.2, -0.15) is 0 Å². The van der Waals surface area contributed by atoms with Gasteiger partial charge >= 0.3 is 17.9 Å². The smallest absolute Gasteiger partial charge is 0.339 e. The summed E-state index contributed by atoms with van der Waals surface area (Å²) in [6, 6.07) is 0. The number of aliphatic hydroxyl groups is 1. The minimum atomic E-state index is -0.983. The molecule has 88 valence electrons. The molecule has 16 heavy (non-hydrogen) atoms. The molecule has 0 saturated heterocycles. The molecule has 0 spiro atoms. The van der Waals surface area contributed by atoms with Gasteiger partial charge in [-0.05, 0) is 6.92 Å². The molecule has 0 aliphatic heterocycles. The molecule has 0 atom stereocenters. The zero-order chi connectivity index (χ0) is 12.6. The first-order chi connectivity index (χ1) is 7.51. The number of ether oxygens (including phenoxy) is 2. The maximum Gasteiger partial charge on any atom is 0.339 e. The van der Waals surface area contributed by atoms with Gasteiger partial charge in [-0.1, -0.05) is 6.58 Å². The van der Waals surface area contributed by atoms with Gasteiger partial charge in [-0.25, -0.2) is 14.4 Å². The second kappa shape index (κ2) is 7.36. The summed E-state index contributed by atoms with van der Waals surface area (Å²) in [5.41, 5.74) is -0.0321. The first kappa shape index (κ1) is 14.1. The molecule has 0 fully saturated rings. The molecule has 0 unspecified atom stereocenters. The molecule has 0 radical (unpaired) electrons. The number of esters is 3. The second-order valence-electron chi connectivity index (χ2n) is 2.63. The first-order valence-corrected chi connectivity index (χ1v) is 4.35. The maximum atomic E-state index is 11.1. The first-order valence-electron chi connectivity index (χ1n) is 4.35. The molecule has 0 aromatic rings. The fourth-order valence-corrected chi connectivity index (χ4v) is 0.658. The van der Waals surface area contributed by atoms with Crippen molar-refractivity contribution in [1.29, 1.82) is 0 Å². The van der Waals surface area contributed by atoms with E-state index in [0.717, 1.165) is 12.2 Å². The Labute approximate surface area is 92.2 Å². The minimum Gasteiger partial charge on any atom is -0.460 e. The number of hydrogen-bond acceptors (Lipinski definition) is 6. The lowest BCUT2D eigenvalue weighted by molar-refractivity contribution is -0.153. The number of aliphatic hydroxyl groups excluding tert-OH is 1. The van der Waals surface area contributed by atoms with Crippen molar-refractivity contribution in [2.45, 2.75) is 6.92 Å². The minimum absolute atomic E-state index is 0.0321. The van der Waals surface area contributed by atoms with Crippen molar-refractivity contribution in [3.8, 4) is 0 Å². The molecule has 6 nitrogen and oxygen atoms in total. The quantitative estimate of drug-likeness (QED) is 0.395. The lowest BCUT2D eigenvalue weighted by Gasteiger charge is -2.01. The number of rotatable bonds is 5. The van der Waals surface area contributed by atoms with Gasteiger partial charge in [0.1, 0.15) is 6.61 Å². The van der Waals surface area contributed by atoms with Crippen molar-refractivity contribution in [3.63, 3.8) is 0 Å². The normalized spacial score (nSPS) is 10.5. The highest BCUT2D eigenvalue weighted by atomic mass is 16.6. The van der Waals surface area contributed by atoms with Crippen LogP contribution >= 0.6 is 0 Å². The summed E-state index contributed by atoms with van der Waals surface area (Å²) in [6.07, 6.45) is 1.65. The van der Waals surface area contributed by atoms with E-state index in [1.807, 2.05) is 0 Å². The highest BCUT2D eigenvalue weighted by Gasteiger charge is 2.10. The third-order valence-corrected chi connectivity index (χ3v) is 1.35. The van der Waals surface area contributed by atoms with E-state index in [9.17, 15) is 14.4 Å². The van der Waals surface area contributed by atoms with E-state index < -0.39 is 17.9 Å². The summed E-state index contributed by atoms with van der Waals surface area (Å²) in [7, 11) is 0. The second-order valence-corrected chi connectivity index (χ2v) is 2.63. The lowest BCUT2D eigenvalue weighted by atomic mass is 10.3. The van der Waals surface area contributed by atoms with Crippen LogP contribution in [-0.2, 0) is 23.9 Å². The van der Waals surface area contributed by atoms with E-state index in [4.69, 9.17) is 5.11 Å². The van der Waals surface area contributed by atoms with Gasteiger partial charge in [0, 0.05) is 17.7 Å². The Morgan fingerprint density at radius 1 is 1.31 bits per heavy atom. The molecule has 1 N–H and O–H groups in total. The Kier molecular flexibility index (Phi) is 6.46. The molecule has 0 aromatic carbocycles. The van der Waals surface area contributed by atoms with Gasteiger partial charge in [-0.3, -0.25) is 0 Å². The predicted molar refractivity (Wildman–Crippen MR) is 53.1 cm³/mol. The highest BCUT2D eigenvalue weighted by molar-refractivity contribution is 6.00. The van der Waals surface area contributed by atoms with Gasteiger partial charge < -0.3 is 14.6 Å². The van der Waals surface area contributed by atoms with Crippen LogP contribution in [0.4, 0.5) is 0 Å². The van der Waals surface area contributed by atoms with Crippen LogP contribution < -0.4 is 0 Å². The third kappa shape index (κ3) is 5.71. The largest absolute Gasteiger partial charge is 0.460 e. The molecular weight excluding hydrogens is 216 g/mol. The SMILES string of the molecule is C=CC(=O)OC(=O)/C=C(/C)C(=O)OCCO. The topological polar surface area (TPSA) is 89.9 Å². The molecule has 0 saturated carbocycles. The molecule has 0 bridgehead atoms. The van der Waals surface area contributed by atoms with Gasteiger partial charge in [-0.15, -0.1) is 0 Å². The summed E-state index contributed by atoms with van der Waals surface area (Å²) in [5.74, 6) is -2.65. The number of carbonyl (C=O) groups is 3. The average molecular weight is 228 g/mol. The van der Waals surface area contributed by atoms with Gasteiger partial charge in [0.05, 0.1) is 6.61 Å². The van der Waals surface area contributed by atoms with E-state index in [1.54, 1.807) is 0 Å². The fourth-order valence-electron chi connectivity index (χ4n) is 0.658. The zero-order valence-corrected chi connectivity index (χ0v) is 8.76. The Balaban J connectivity index is 4.30. The molecule has 0 aliphatic carbocycles. The van der Waals surface area contributed by atoms with Gasteiger partial charge in [0.25, 0.3) is 0 Å². The highest BCUT2D eigenvalue weighted by Crippen LogP contribution is 1.98. The molecular formula is C10H12O6. The van der Waals surface area contributed by atoms with Crippen LogP contribution in [-0.4, -0.2) is 36.2 Å². The van der Waals surface area contributed by atoms with E-state index in [1.165, 1.54) is 6.92 Å². The van der Waals surface area contributed by atoms with Crippen molar-refractivity contribution in [2.24, 2.45) is 0 Å². The van der Waals surface area contributed by atoms with Gasteiger partial charge in [0.15, 0.2) is 0 Å². The van der Waals surface area contributed by atoms with Crippen molar-refractivity contribution in [3.05, 3.63) is 24.3 Å². The lowest BCUT2D eigenvalue weighted by Crippen LogP contribution is -2.12. The Hall–Kier alpha value is -1.95. The Morgan fingerprint density at radius 2 is 1.94 bits per heavy atom. The van der Waals surface area contributed by atoms with E-state index >= 15 is 0 Å². The van der Waals surface area contributed by atoms with Crippen LogP contribution in [0.3, 0.4) is 0 Å². The molecule has 6 heteroatoms. The summed E-state index contributed by atoms with van der Waals surface area (Å²) >= 11 is 0. The van der Waals surface area contributed by atoms with Crippen LogP contribution in [0, 0.1) is 0 Å². The van der Waals surface area contributed by atoms with Crippen molar-refractivity contribution in [1.82, 2.24) is 0 Å². The average Bonchev–Trinajstić information content (AvgIpc) is 2.25. The third-order valence-electron chi connectivity index (χ3n) is 1.35. The number of carbonyl (C=O) groups excluding carboxylic acids is 3. The van der Waals surface area contributed by atoms with Crippen LogP contribution in [0.1, 0.15) is 6.92 Å². The van der Waals surface area contributed by atoms with Crippen LogP contribution in [0.15, 0.2) is 24.3 Å². The molecule has 0 aromatic heterocycles. The van der Waals surface area contributed by atoms with E-state index in [-0.39, 0.29) is 18.8 Å². The standard InChI is InChI=1S/C10H12O6/c1-3-8(12)16-9(13)6-7(2)10(14)15-5-4-11/h3,6,11H,1,4-5H2,2H3/b7-6-. The summed E-state index contributed by atoms with van der Waals surface area (Å²) in [6.45, 7) is 3.95. The van der Waals surface area contributed by atoms with Crippen LogP contribution in [0.5, 0.6) is 0 Å². The van der Waals surface area contributed by atoms with Crippen LogP contribution in [0.25, 0.3) is 0 Å². The van der Waals surface area contributed by atoms with Crippen molar-refractivity contribution < 1.29 is 29.0 Å². The monoisotopic (exact) mass is 228 g/mol. The Morgan fingerprint density at radius 3 is 2.44 bits per heavy atom. The molecule has 0 rings (SSSR count). The molecule has 0 heterocycles. The summed E-state index contributed by atoms with van der Waals surface area (Å²) in [5, 5.41) is 8.39. The Bertz CT molecular complexity index is 328. The molecule has 0 aliphatic rings. The van der Waals surface area contributed by atoms with Crippen molar-refractivity contribution >= 4 is 17.9 Å². The predicted octanol–water partition coefficient (Wildman–Crippen LogP) is -0.276. The van der Waals surface area contributed by atoms with Gasteiger partial charge in [0.2, 0.25) is 0 Å². The van der Waals surface area contributed by atoms with E-state index in [2.05, 4.69) is 16.1 Å². The number of hydrogen-bond donors (Lipinski definition) is 1. The fraction of sp³-hybridized carbons (Fsp3) is 0.300. The maximum absolute atomic E-state index is 11.1. The molecule has 0 amide bonds. The zero-order valence-electron chi connectivity index (χ0n) is 8.76. The summed E-state index contributed by atoms with van der Waals surface area (Å²) in [4.78, 5) is 32.7. The van der Waals surface area contributed by atoms with Crippen molar-refractivity contribution in [2.75, 3.05) is 13.2 Å². The summed E-state index contributed by atoms with van der Waals surface area (Å²) < 4.78 is 8.71. The van der Waals surface area contributed by atoms with E-state index in [0.29, 0.717) is 0 Å².